The molecule has 0 amide bonds. The average molecular weight is 294 g/mol. The third kappa shape index (κ3) is 1.73. The van der Waals surface area contributed by atoms with E-state index in [2.05, 4.69) is 9.97 Å². The van der Waals surface area contributed by atoms with Crippen molar-refractivity contribution in [3.63, 3.8) is 0 Å². The van der Waals surface area contributed by atoms with Gasteiger partial charge in [-0.25, -0.2) is 9.97 Å². The quantitative estimate of drug-likeness (QED) is 0.924. The van der Waals surface area contributed by atoms with Crippen molar-refractivity contribution in [1.29, 1.82) is 0 Å². The van der Waals surface area contributed by atoms with Gasteiger partial charge in [-0.3, -0.25) is 9.20 Å². The Morgan fingerprint density at radius 3 is 2.95 bits per heavy atom. The Balaban J connectivity index is 2.05. The molecular weight excluding hydrogens is 278 g/mol. The third-order valence-electron chi connectivity index (χ3n) is 4.84. The molecule has 20 heavy (non-hydrogen) atoms. The van der Waals surface area contributed by atoms with Crippen molar-refractivity contribution in [3.8, 4) is 0 Å². The first-order valence-electron chi connectivity index (χ1n) is 6.66. The number of halogens is 1. The van der Waals surface area contributed by atoms with Gasteiger partial charge in [0, 0.05) is 18.3 Å². The second-order valence-corrected chi connectivity index (χ2v) is 6.10. The van der Waals surface area contributed by atoms with Gasteiger partial charge in [0.25, 0.3) is 0 Å². The molecule has 3 atom stereocenters. The predicted molar refractivity (Wildman–Crippen MR) is 74.9 cm³/mol. The summed E-state index contributed by atoms with van der Waals surface area (Å²) in [7, 11) is 0. The van der Waals surface area contributed by atoms with Crippen LogP contribution in [0.15, 0.2) is 18.6 Å². The molecule has 0 spiro atoms. The van der Waals surface area contributed by atoms with Gasteiger partial charge in [0.1, 0.15) is 11.3 Å². The molecule has 2 aromatic rings. The van der Waals surface area contributed by atoms with E-state index in [1.54, 1.807) is 12.4 Å². The Morgan fingerprint density at radius 2 is 2.30 bits per heavy atom. The van der Waals surface area contributed by atoms with Crippen LogP contribution in [0.4, 0.5) is 0 Å². The van der Waals surface area contributed by atoms with Crippen molar-refractivity contribution in [3.05, 3.63) is 29.6 Å². The fourth-order valence-electron chi connectivity index (χ4n) is 3.22. The number of carboxylic acid groups (broad SMARTS) is 1. The summed E-state index contributed by atoms with van der Waals surface area (Å²) in [6, 6.07) is 0. The lowest BCUT2D eigenvalue weighted by Crippen LogP contribution is -2.31. The van der Waals surface area contributed by atoms with Crippen LogP contribution in [0.5, 0.6) is 0 Å². The summed E-state index contributed by atoms with van der Waals surface area (Å²) in [5, 5.41) is 9.87. The predicted octanol–water partition coefficient (Wildman–Crippen LogP) is 2.99. The van der Waals surface area contributed by atoms with Crippen LogP contribution in [0.2, 0.25) is 5.15 Å². The van der Waals surface area contributed by atoms with Crippen LogP contribution in [0, 0.1) is 11.3 Å². The van der Waals surface area contributed by atoms with Crippen molar-refractivity contribution < 1.29 is 9.90 Å². The topological polar surface area (TPSA) is 67.5 Å². The number of aliphatic carboxylic acids is 1. The molecule has 0 aliphatic heterocycles. The van der Waals surface area contributed by atoms with E-state index in [9.17, 15) is 9.90 Å². The minimum atomic E-state index is -0.729. The van der Waals surface area contributed by atoms with Crippen molar-refractivity contribution >= 4 is 23.1 Å². The highest BCUT2D eigenvalue weighted by atomic mass is 35.5. The lowest BCUT2D eigenvalue weighted by molar-refractivity contribution is -0.149. The lowest BCUT2D eigenvalue weighted by Gasteiger charge is -2.26. The first-order chi connectivity index (χ1) is 9.45. The molecule has 2 heterocycles. The molecule has 1 saturated carbocycles. The highest BCUT2D eigenvalue weighted by molar-refractivity contribution is 6.32. The summed E-state index contributed by atoms with van der Waals surface area (Å²) >= 11 is 6.05. The molecule has 1 aliphatic rings. The monoisotopic (exact) mass is 293 g/mol. The third-order valence-corrected chi connectivity index (χ3v) is 5.14. The Labute approximate surface area is 121 Å². The first kappa shape index (κ1) is 13.4. The summed E-state index contributed by atoms with van der Waals surface area (Å²) in [5.41, 5.74) is 0.0770. The summed E-state index contributed by atoms with van der Waals surface area (Å²) in [6.07, 6.45) is 6.65. The smallest absolute Gasteiger partial charge is 0.309 e. The van der Waals surface area contributed by atoms with E-state index in [0.29, 0.717) is 11.6 Å². The highest BCUT2D eigenvalue weighted by Gasteiger charge is 2.49. The molecule has 106 valence electrons. The average Bonchev–Trinajstić information content (AvgIpc) is 2.95. The number of fused-ring (bicyclic) bond motifs is 1. The molecule has 5 nitrogen and oxygen atoms in total. The Bertz CT molecular complexity index is 684. The minimum absolute atomic E-state index is 0.0255. The molecule has 0 aromatic carbocycles. The van der Waals surface area contributed by atoms with Gasteiger partial charge in [-0.2, -0.15) is 0 Å². The Hall–Kier alpha value is -1.62. The van der Waals surface area contributed by atoms with Crippen LogP contribution in [0.3, 0.4) is 0 Å². The van der Waals surface area contributed by atoms with Gasteiger partial charge >= 0.3 is 5.97 Å². The second-order valence-electron chi connectivity index (χ2n) is 5.75. The molecule has 6 heteroatoms. The molecule has 1 fully saturated rings. The van der Waals surface area contributed by atoms with Crippen LogP contribution in [-0.2, 0) is 4.79 Å². The number of hydrogen-bond donors (Lipinski definition) is 1. The zero-order valence-electron chi connectivity index (χ0n) is 11.4. The molecule has 2 aromatic heterocycles. The molecule has 3 rings (SSSR count). The summed E-state index contributed by atoms with van der Waals surface area (Å²) in [6.45, 7) is 3.82. The molecule has 0 bridgehead atoms. The van der Waals surface area contributed by atoms with Crippen LogP contribution in [0.1, 0.15) is 38.4 Å². The fourth-order valence-corrected chi connectivity index (χ4v) is 3.42. The van der Waals surface area contributed by atoms with E-state index >= 15 is 0 Å². The maximum atomic E-state index is 11.5. The second kappa shape index (κ2) is 4.45. The normalized spacial score (nSPS) is 29.9. The SMILES string of the molecule is CC1[C@H](c2ncc3c(Cl)nccn23)CC[C@]1(C)C(=O)O. The van der Waals surface area contributed by atoms with E-state index in [4.69, 9.17) is 11.6 Å². The zero-order chi connectivity index (χ0) is 14.5. The van der Waals surface area contributed by atoms with Crippen molar-refractivity contribution in [2.45, 2.75) is 32.6 Å². The largest absolute Gasteiger partial charge is 0.481 e. The van der Waals surface area contributed by atoms with Crippen molar-refractivity contribution in [2.24, 2.45) is 11.3 Å². The van der Waals surface area contributed by atoms with Gasteiger partial charge in [0.2, 0.25) is 0 Å². The van der Waals surface area contributed by atoms with E-state index in [1.807, 2.05) is 24.4 Å². The minimum Gasteiger partial charge on any atom is -0.481 e. The van der Waals surface area contributed by atoms with E-state index in [0.717, 1.165) is 17.8 Å². The molecule has 1 N–H and O–H groups in total. The number of carboxylic acids is 1. The van der Waals surface area contributed by atoms with Gasteiger partial charge in [-0.1, -0.05) is 18.5 Å². The van der Waals surface area contributed by atoms with Gasteiger partial charge in [0.15, 0.2) is 5.15 Å². The highest BCUT2D eigenvalue weighted by Crippen LogP contribution is 2.51. The summed E-state index contributed by atoms with van der Waals surface area (Å²) in [4.78, 5) is 20.0. The number of nitrogens with zero attached hydrogens (tertiary/aromatic N) is 3. The zero-order valence-corrected chi connectivity index (χ0v) is 12.1. The van der Waals surface area contributed by atoms with E-state index < -0.39 is 11.4 Å². The van der Waals surface area contributed by atoms with Crippen LogP contribution < -0.4 is 0 Å². The van der Waals surface area contributed by atoms with Crippen molar-refractivity contribution in [1.82, 2.24) is 14.4 Å². The number of rotatable bonds is 2. The number of imidazole rings is 1. The standard InChI is InChI=1S/C14H16ClN3O2/c1-8-9(3-4-14(8,2)13(19)20)12-17-7-10-11(15)16-5-6-18(10)12/h5-9H,3-4H2,1-2H3,(H,19,20)/t8?,9-,14+/m1/s1. The van der Waals surface area contributed by atoms with E-state index in [1.165, 1.54) is 0 Å². The maximum absolute atomic E-state index is 11.5. The Morgan fingerprint density at radius 1 is 1.55 bits per heavy atom. The molecule has 0 radical (unpaired) electrons. The summed E-state index contributed by atoms with van der Waals surface area (Å²) < 4.78 is 1.92. The first-order valence-corrected chi connectivity index (χ1v) is 7.04. The van der Waals surface area contributed by atoms with Gasteiger partial charge < -0.3 is 5.11 Å². The number of hydrogen-bond acceptors (Lipinski definition) is 3. The maximum Gasteiger partial charge on any atom is 0.309 e. The number of aromatic nitrogens is 3. The molecule has 0 saturated heterocycles. The molecular formula is C14H16ClN3O2. The van der Waals surface area contributed by atoms with Crippen molar-refractivity contribution in [2.75, 3.05) is 0 Å². The molecule has 1 unspecified atom stereocenters. The van der Waals surface area contributed by atoms with Crippen LogP contribution >= 0.6 is 11.6 Å². The van der Waals surface area contributed by atoms with E-state index in [-0.39, 0.29) is 11.8 Å². The van der Waals surface area contributed by atoms with Crippen LogP contribution in [0.25, 0.3) is 5.52 Å². The van der Waals surface area contributed by atoms with Gasteiger partial charge in [-0.15, -0.1) is 0 Å². The fraction of sp³-hybridized carbons (Fsp3) is 0.500. The summed E-state index contributed by atoms with van der Waals surface area (Å²) in [5.74, 6) is 0.296. The Kier molecular flexibility index (Phi) is 2.97. The number of carbonyl (C=O) groups is 1. The van der Waals surface area contributed by atoms with Gasteiger partial charge in [0.05, 0.1) is 11.6 Å². The molecule has 1 aliphatic carbocycles. The lowest BCUT2D eigenvalue weighted by atomic mass is 9.78. The van der Waals surface area contributed by atoms with Gasteiger partial charge in [-0.05, 0) is 25.7 Å². The van der Waals surface area contributed by atoms with Crippen LogP contribution in [-0.4, -0.2) is 25.4 Å².